The maximum atomic E-state index is 12.1. The molecule has 0 unspecified atom stereocenters. The molecular formula is C17H21N3O3. The van der Waals surface area contributed by atoms with Crippen LogP contribution in [0.25, 0.3) is 6.08 Å². The van der Waals surface area contributed by atoms with Gasteiger partial charge in [-0.25, -0.2) is 0 Å². The number of piperidine rings is 1. The van der Waals surface area contributed by atoms with Gasteiger partial charge in [0.15, 0.2) is 0 Å². The number of hydrazine groups is 1. The third kappa shape index (κ3) is 5.25. The molecule has 3 amide bonds. The summed E-state index contributed by atoms with van der Waals surface area (Å²) in [6, 6.07) is 9.63. The number of benzene rings is 1. The Balaban J connectivity index is 1.79. The van der Waals surface area contributed by atoms with Crippen LogP contribution >= 0.6 is 0 Å². The second kappa shape index (κ2) is 8.12. The van der Waals surface area contributed by atoms with Gasteiger partial charge >= 0.3 is 0 Å². The maximum absolute atomic E-state index is 12.1. The molecule has 23 heavy (non-hydrogen) atoms. The van der Waals surface area contributed by atoms with Crippen LogP contribution in [0.4, 0.5) is 0 Å². The molecule has 0 radical (unpaired) electrons. The molecule has 0 aliphatic carbocycles. The summed E-state index contributed by atoms with van der Waals surface area (Å²) < 4.78 is 0. The SMILES string of the molecule is CC(=O)NNC(=O)C1CCN(C(=O)/C=C/c2ccccc2)CC1. The lowest BCUT2D eigenvalue weighted by Gasteiger charge is -2.30. The van der Waals surface area contributed by atoms with Crippen LogP contribution < -0.4 is 10.9 Å². The maximum Gasteiger partial charge on any atom is 0.246 e. The van der Waals surface area contributed by atoms with Crippen molar-refractivity contribution in [1.82, 2.24) is 15.8 Å². The zero-order valence-electron chi connectivity index (χ0n) is 13.1. The van der Waals surface area contributed by atoms with Crippen LogP contribution in [0.5, 0.6) is 0 Å². The van der Waals surface area contributed by atoms with Crippen LogP contribution in [-0.4, -0.2) is 35.7 Å². The minimum absolute atomic E-state index is 0.0467. The highest BCUT2D eigenvalue weighted by molar-refractivity contribution is 5.92. The lowest BCUT2D eigenvalue weighted by atomic mass is 9.96. The summed E-state index contributed by atoms with van der Waals surface area (Å²) in [6.45, 7) is 2.41. The van der Waals surface area contributed by atoms with E-state index in [1.165, 1.54) is 6.92 Å². The molecule has 0 bridgehead atoms. The van der Waals surface area contributed by atoms with Gasteiger partial charge in [-0.05, 0) is 24.5 Å². The molecule has 122 valence electrons. The van der Waals surface area contributed by atoms with Gasteiger partial charge in [-0.2, -0.15) is 0 Å². The van der Waals surface area contributed by atoms with E-state index in [2.05, 4.69) is 10.9 Å². The third-order valence-electron chi connectivity index (χ3n) is 3.76. The standard InChI is InChI=1S/C17H21N3O3/c1-13(21)18-19-17(23)15-9-11-20(12-10-15)16(22)8-7-14-5-3-2-4-6-14/h2-8,15H,9-12H2,1H3,(H,18,21)(H,19,23)/b8-7+. The first-order chi connectivity index (χ1) is 11.1. The van der Waals surface area contributed by atoms with E-state index in [0.717, 1.165) is 5.56 Å². The lowest BCUT2D eigenvalue weighted by Crippen LogP contribution is -2.47. The van der Waals surface area contributed by atoms with Gasteiger partial charge in [-0.3, -0.25) is 25.2 Å². The van der Waals surface area contributed by atoms with E-state index < -0.39 is 0 Å². The van der Waals surface area contributed by atoms with E-state index in [1.54, 1.807) is 17.1 Å². The summed E-state index contributed by atoms with van der Waals surface area (Å²) in [6.07, 6.45) is 4.54. The molecule has 6 nitrogen and oxygen atoms in total. The fourth-order valence-electron chi connectivity index (χ4n) is 2.45. The molecule has 1 fully saturated rings. The summed E-state index contributed by atoms with van der Waals surface area (Å²) >= 11 is 0. The van der Waals surface area contributed by atoms with Gasteiger partial charge in [-0.1, -0.05) is 30.3 Å². The van der Waals surface area contributed by atoms with Crippen LogP contribution in [0.15, 0.2) is 36.4 Å². The number of hydrogen-bond acceptors (Lipinski definition) is 3. The molecule has 1 aromatic carbocycles. The molecule has 1 aromatic rings. The molecule has 0 aromatic heterocycles. The molecular weight excluding hydrogens is 294 g/mol. The highest BCUT2D eigenvalue weighted by Gasteiger charge is 2.26. The topological polar surface area (TPSA) is 78.5 Å². The summed E-state index contributed by atoms with van der Waals surface area (Å²) in [5.41, 5.74) is 5.65. The Morgan fingerprint density at radius 1 is 1.09 bits per heavy atom. The highest BCUT2D eigenvalue weighted by Crippen LogP contribution is 2.17. The van der Waals surface area contributed by atoms with Crippen molar-refractivity contribution in [1.29, 1.82) is 0 Å². The number of hydrogen-bond donors (Lipinski definition) is 2. The number of nitrogens with one attached hydrogen (secondary N) is 2. The van der Waals surface area contributed by atoms with Crippen LogP contribution in [0.2, 0.25) is 0 Å². The van der Waals surface area contributed by atoms with Crippen molar-refractivity contribution in [2.75, 3.05) is 13.1 Å². The fourth-order valence-corrected chi connectivity index (χ4v) is 2.45. The monoisotopic (exact) mass is 315 g/mol. The van der Waals surface area contributed by atoms with E-state index in [4.69, 9.17) is 0 Å². The quantitative estimate of drug-likeness (QED) is 0.648. The van der Waals surface area contributed by atoms with Crippen LogP contribution in [0.3, 0.4) is 0 Å². The Morgan fingerprint density at radius 2 is 1.74 bits per heavy atom. The Labute approximate surface area is 135 Å². The van der Waals surface area contributed by atoms with Gasteiger partial charge in [0.1, 0.15) is 0 Å². The van der Waals surface area contributed by atoms with Crippen molar-refractivity contribution >= 4 is 23.8 Å². The first-order valence-corrected chi connectivity index (χ1v) is 7.64. The van der Waals surface area contributed by atoms with Crippen LogP contribution in [0.1, 0.15) is 25.3 Å². The van der Waals surface area contributed by atoms with Gasteiger partial charge in [0, 0.05) is 32.0 Å². The van der Waals surface area contributed by atoms with Crippen molar-refractivity contribution in [2.45, 2.75) is 19.8 Å². The van der Waals surface area contributed by atoms with Gasteiger partial charge in [-0.15, -0.1) is 0 Å². The molecule has 1 heterocycles. The van der Waals surface area contributed by atoms with Crippen LogP contribution in [-0.2, 0) is 14.4 Å². The number of carbonyl (C=O) groups is 3. The van der Waals surface area contributed by atoms with E-state index in [0.29, 0.717) is 25.9 Å². The molecule has 0 atom stereocenters. The summed E-state index contributed by atoms with van der Waals surface area (Å²) in [7, 11) is 0. The largest absolute Gasteiger partial charge is 0.339 e. The zero-order chi connectivity index (χ0) is 16.7. The van der Waals surface area contributed by atoms with Gasteiger partial charge in [0.2, 0.25) is 17.7 Å². The summed E-state index contributed by atoms with van der Waals surface area (Å²) in [5, 5.41) is 0. The zero-order valence-corrected chi connectivity index (χ0v) is 13.1. The average molecular weight is 315 g/mol. The number of amides is 3. The van der Waals surface area contributed by atoms with Gasteiger partial charge < -0.3 is 4.90 Å². The highest BCUT2D eigenvalue weighted by atomic mass is 16.2. The Hall–Kier alpha value is -2.63. The Morgan fingerprint density at radius 3 is 2.35 bits per heavy atom. The van der Waals surface area contributed by atoms with Crippen molar-refractivity contribution in [3.05, 3.63) is 42.0 Å². The Bertz CT molecular complexity index is 590. The molecule has 1 saturated heterocycles. The molecule has 1 aliphatic rings. The Kier molecular flexibility index (Phi) is 5.91. The second-order valence-corrected chi connectivity index (χ2v) is 5.51. The number of nitrogens with zero attached hydrogens (tertiary/aromatic N) is 1. The van der Waals surface area contributed by atoms with Crippen molar-refractivity contribution < 1.29 is 14.4 Å². The van der Waals surface area contributed by atoms with Crippen molar-refractivity contribution in [3.8, 4) is 0 Å². The van der Waals surface area contributed by atoms with Crippen molar-refractivity contribution in [2.24, 2.45) is 5.92 Å². The molecule has 2 rings (SSSR count). The average Bonchev–Trinajstić information content (AvgIpc) is 2.58. The molecule has 0 spiro atoms. The first kappa shape index (κ1) is 16.7. The van der Waals surface area contributed by atoms with E-state index >= 15 is 0 Å². The smallest absolute Gasteiger partial charge is 0.246 e. The molecule has 0 saturated carbocycles. The number of carbonyl (C=O) groups excluding carboxylic acids is 3. The lowest BCUT2D eigenvalue weighted by molar-refractivity contribution is -0.134. The molecule has 1 aliphatic heterocycles. The van der Waals surface area contributed by atoms with E-state index in [1.807, 2.05) is 30.3 Å². The fraction of sp³-hybridized carbons (Fsp3) is 0.353. The predicted octanol–water partition coefficient (Wildman–Crippen LogP) is 1.11. The van der Waals surface area contributed by atoms with E-state index in [-0.39, 0.29) is 23.6 Å². The number of likely N-dealkylation sites (tertiary alicyclic amines) is 1. The number of rotatable bonds is 3. The first-order valence-electron chi connectivity index (χ1n) is 7.64. The van der Waals surface area contributed by atoms with E-state index in [9.17, 15) is 14.4 Å². The summed E-state index contributed by atoms with van der Waals surface area (Å²) in [5.74, 6) is -0.734. The predicted molar refractivity (Wildman–Crippen MR) is 86.7 cm³/mol. The third-order valence-corrected chi connectivity index (χ3v) is 3.76. The van der Waals surface area contributed by atoms with Crippen LogP contribution in [0, 0.1) is 5.92 Å². The van der Waals surface area contributed by atoms with Crippen molar-refractivity contribution in [3.63, 3.8) is 0 Å². The van der Waals surface area contributed by atoms with Gasteiger partial charge in [0.25, 0.3) is 0 Å². The second-order valence-electron chi connectivity index (χ2n) is 5.51. The molecule has 6 heteroatoms. The minimum atomic E-state index is -0.308. The minimum Gasteiger partial charge on any atom is -0.339 e. The molecule has 2 N–H and O–H groups in total. The summed E-state index contributed by atoms with van der Waals surface area (Å²) in [4.78, 5) is 36.5. The normalized spacial score (nSPS) is 15.4. The van der Waals surface area contributed by atoms with Gasteiger partial charge in [0.05, 0.1) is 0 Å².